The first kappa shape index (κ1) is 25.0. The largest absolute Gasteiger partial charge is 0.490 e. The second kappa shape index (κ2) is 11.5. The van der Waals surface area contributed by atoms with E-state index < -0.39 is 0 Å². The zero-order chi connectivity index (χ0) is 25.5. The molecule has 4 aromatic rings. The lowest BCUT2D eigenvalue weighted by atomic mass is 10.1. The van der Waals surface area contributed by atoms with Crippen LogP contribution in [-0.4, -0.2) is 45.0 Å². The van der Waals surface area contributed by atoms with Gasteiger partial charge in [-0.15, -0.1) is 0 Å². The number of rotatable bonds is 11. The molecule has 2 aromatic carbocycles. The van der Waals surface area contributed by atoms with E-state index in [9.17, 15) is 14.7 Å². The standard InChI is InChI=1S/C27H30N4O5/c1-3-35-22-11-10-19(16-23(22)36-4-2)12-13-28-24(33)17-30-14-15-31-26(27(30)34)21(18-32)25(29-31)20-8-6-5-7-9-20/h5-11,14-16,32H,3-4,12-13,17-18H2,1-2H3,(H,28,33). The van der Waals surface area contributed by atoms with Gasteiger partial charge in [-0.05, 0) is 38.0 Å². The van der Waals surface area contributed by atoms with E-state index in [0.717, 1.165) is 11.1 Å². The Morgan fingerprint density at radius 2 is 1.78 bits per heavy atom. The van der Waals surface area contributed by atoms with Crippen molar-refractivity contribution in [2.75, 3.05) is 19.8 Å². The summed E-state index contributed by atoms with van der Waals surface area (Å²) in [7, 11) is 0. The third-order valence-corrected chi connectivity index (χ3v) is 5.72. The van der Waals surface area contributed by atoms with E-state index in [1.165, 1.54) is 15.3 Å². The van der Waals surface area contributed by atoms with Gasteiger partial charge in [0.1, 0.15) is 12.1 Å². The van der Waals surface area contributed by atoms with Crippen LogP contribution < -0.4 is 20.3 Å². The number of aliphatic hydroxyl groups excluding tert-OH is 1. The van der Waals surface area contributed by atoms with Crippen molar-refractivity contribution in [1.29, 1.82) is 0 Å². The Bertz CT molecular complexity index is 1390. The zero-order valence-electron chi connectivity index (χ0n) is 20.4. The molecular weight excluding hydrogens is 460 g/mol. The minimum atomic E-state index is -0.390. The van der Waals surface area contributed by atoms with Crippen molar-refractivity contribution in [3.8, 4) is 22.8 Å². The van der Waals surface area contributed by atoms with Crippen LogP contribution in [0.3, 0.4) is 0 Å². The van der Waals surface area contributed by atoms with Gasteiger partial charge in [0.15, 0.2) is 11.5 Å². The van der Waals surface area contributed by atoms with Crippen LogP contribution in [0.2, 0.25) is 0 Å². The number of nitrogens with zero attached hydrogens (tertiary/aromatic N) is 3. The molecule has 0 bridgehead atoms. The van der Waals surface area contributed by atoms with Crippen LogP contribution in [0.15, 0.2) is 65.7 Å². The molecule has 0 aliphatic carbocycles. The molecule has 1 amide bonds. The van der Waals surface area contributed by atoms with Gasteiger partial charge in [0.05, 0.1) is 25.5 Å². The van der Waals surface area contributed by atoms with Crippen LogP contribution in [0, 0.1) is 0 Å². The van der Waals surface area contributed by atoms with Gasteiger partial charge in [0, 0.05) is 30.1 Å². The number of carbonyl (C=O) groups excluding carboxylic acids is 1. The third kappa shape index (κ3) is 5.41. The third-order valence-electron chi connectivity index (χ3n) is 5.72. The van der Waals surface area contributed by atoms with E-state index in [2.05, 4.69) is 10.4 Å². The molecular formula is C27H30N4O5. The van der Waals surface area contributed by atoms with Crippen molar-refractivity contribution >= 4 is 11.4 Å². The molecule has 0 saturated heterocycles. The summed E-state index contributed by atoms with van der Waals surface area (Å²) in [5.74, 6) is 1.09. The molecule has 0 unspecified atom stereocenters. The van der Waals surface area contributed by atoms with E-state index in [1.54, 1.807) is 6.20 Å². The van der Waals surface area contributed by atoms with Crippen LogP contribution in [0.1, 0.15) is 25.0 Å². The first-order valence-corrected chi connectivity index (χ1v) is 12.0. The molecule has 0 fully saturated rings. The van der Waals surface area contributed by atoms with Crippen LogP contribution in [0.25, 0.3) is 16.8 Å². The number of nitrogens with one attached hydrogen (secondary N) is 1. The number of fused-ring (bicyclic) bond motifs is 1. The number of carbonyl (C=O) groups is 1. The summed E-state index contributed by atoms with van der Waals surface area (Å²) >= 11 is 0. The van der Waals surface area contributed by atoms with Gasteiger partial charge in [0.2, 0.25) is 5.91 Å². The lowest BCUT2D eigenvalue weighted by molar-refractivity contribution is -0.121. The predicted octanol–water partition coefficient (Wildman–Crippen LogP) is 2.81. The molecule has 2 heterocycles. The summed E-state index contributed by atoms with van der Waals surface area (Å²) in [4.78, 5) is 25.7. The maximum Gasteiger partial charge on any atom is 0.277 e. The number of ether oxygens (including phenoxy) is 2. The quantitative estimate of drug-likeness (QED) is 0.335. The Morgan fingerprint density at radius 3 is 2.50 bits per heavy atom. The van der Waals surface area contributed by atoms with E-state index in [4.69, 9.17) is 9.47 Å². The van der Waals surface area contributed by atoms with E-state index in [0.29, 0.717) is 48.9 Å². The lowest BCUT2D eigenvalue weighted by Crippen LogP contribution is -2.33. The maximum absolute atomic E-state index is 13.2. The summed E-state index contributed by atoms with van der Waals surface area (Å²) in [6.45, 7) is 4.83. The molecule has 0 aliphatic rings. The van der Waals surface area contributed by atoms with E-state index >= 15 is 0 Å². The fraction of sp³-hybridized carbons (Fsp3) is 0.296. The average molecular weight is 491 g/mol. The summed E-state index contributed by atoms with van der Waals surface area (Å²) < 4.78 is 14.0. The molecule has 36 heavy (non-hydrogen) atoms. The monoisotopic (exact) mass is 490 g/mol. The van der Waals surface area contributed by atoms with Crippen molar-refractivity contribution in [2.24, 2.45) is 0 Å². The first-order valence-electron chi connectivity index (χ1n) is 12.0. The normalized spacial score (nSPS) is 11.0. The second-order valence-electron chi connectivity index (χ2n) is 8.12. The minimum absolute atomic E-state index is 0.139. The molecule has 0 aliphatic heterocycles. The molecule has 0 spiro atoms. The van der Waals surface area contributed by atoms with Gasteiger partial charge in [0.25, 0.3) is 5.56 Å². The van der Waals surface area contributed by atoms with Crippen LogP contribution >= 0.6 is 0 Å². The van der Waals surface area contributed by atoms with Crippen molar-refractivity contribution in [3.05, 3.63) is 82.4 Å². The minimum Gasteiger partial charge on any atom is -0.490 e. The van der Waals surface area contributed by atoms with E-state index in [1.807, 2.05) is 62.4 Å². The second-order valence-corrected chi connectivity index (χ2v) is 8.12. The SMILES string of the molecule is CCOc1ccc(CCNC(=O)Cn2ccn3nc(-c4ccccc4)c(CO)c3c2=O)cc1OCC. The molecule has 9 nitrogen and oxygen atoms in total. The molecule has 4 rings (SSSR count). The highest BCUT2D eigenvalue weighted by molar-refractivity contribution is 5.76. The molecule has 0 saturated carbocycles. The Kier molecular flexibility index (Phi) is 8.02. The Hall–Kier alpha value is -4.11. The van der Waals surface area contributed by atoms with Gasteiger partial charge in [-0.1, -0.05) is 36.4 Å². The summed E-state index contributed by atoms with van der Waals surface area (Å²) in [5.41, 5.74) is 2.64. The zero-order valence-corrected chi connectivity index (χ0v) is 20.4. The number of hydrogen-bond donors (Lipinski definition) is 2. The Balaban J connectivity index is 1.45. The van der Waals surface area contributed by atoms with Gasteiger partial charge in [-0.2, -0.15) is 5.10 Å². The first-order chi connectivity index (χ1) is 17.5. The van der Waals surface area contributed by atoms with Crippen molar-refractivity contribution in [2.45, 2.75) is 33.4 Å². The highest BCUT2D eigenvalue weighted by Gasteiger charge is 2.18. The Labute approximate surface area is 208 Å². The van der Waals surface area contributed by atoms with Gasteiger partial charge in [-0.25, -0.2) is 4.52 Å². The lowest BCUT2D eigenvalue weighted by Gasteiger charge is -2.13. The predicted molar refractivity (Wildman–Crippen MR) is 136 cm³/mol. The molecule has 188 valence electrons. The highest BCUT2D eigenvalue weighted by atomic mass is 16.5. The fourth-order valence-electron chi connectivity index (χ4n) is 4.06. The highest BCUT2D eigenvalue weighted by Crippen LogP contribution is 2.28. The molecule has 0 atom stereocenters. The number of aromatic nitrogens is 3. The Morgan fingerprint density at radius 1 is 1.03 bits per heavy atom. The van der Waals surface area contributed by atoms with Crippen LogP contribution in [0.5, 0.6) is 11.5 Å². The van der Waals surface area contributed by atoms with E-state index in [-0.39, 0.29) is 30.1 Å². The van der Waals surface area contributed by atoms with Crippen LogP contribution in [-0.2, 0) is 24.4 Å². The smallest absolute Gasteiger partial charge is 0.277 e. The summed E-state index contributed by atoms with van der Waals surface area (Å²) in [5, 5.41) is 17.3. The van der Waals surface area contributed by atoms with Crippen molar-refractivity contribution < 1.29 is 19.4 Å². The topological polar surface area (TPSA) is 107 Å². The molecule has 2 aromatic heterocycles. The van der Waals surface area contributed by atoms with Crippen molar-refractivity contribution in [1.82, 2.24) is 19.5 Å². The maximum atomic E-state index is 13.2. The van der Waals surface area contributed by atoms with Gasteiger partial charge < -0.3 is 24.5 Å². The van der Waals surface area contributed by atoms with Gasteiger partial charge in [-0.3, -0.25) is 9.59 Å². The van der Waals surface area contributed by atoms with Crippen LogP contribution in [0.4, 0.5) is 0 Å². The number of hydrogen-bond acceptors (Lipinski definition) is 6. The summed E-state index contributed by atoms with van der Waals surface area (Å²) in [6, 6.07) is 15.1. The number of amides is 1. The van der Waals surface area contributed by atoms with Gasteiger partial charge >= 0.3 is 0 Å². The number of benzene rings is 2. The van der Waals surface area contributed by atoms with Crippen molar-refractivity contribution in [3.63, 3.8) is 0 Å². The molecule has 2 N–H and O–H groups in total. The molecule has 0 radical (unpaired) electrons. The fourth-order valence-corrected chi connectivity index (χ4v) is 4.06. The number of aliphatic hydroxyl groups is 1. The average Bonchev–Trinajstić information content (AvgIpc) is 3.27. The molecule has 9 heteroatoms. The summed E-state index contributed by atoms with van der Waals surface area (Å²) in [6.07, 6.45) is 3.74.